The van der Waals surface area contributed by atoms with E-state index in [4.69, 9.17) is 5.26 Å². The minimum Gasteiger partial charge on any atom is -0.260 e. The molecule has 3 nitrogen and oxygen atoms in total. The molecule has 0 amide bonds. The molecule has 2 aromatic heterocycles. The quantitative estimate of drug-likeness (QED) is 0.837. The van der Waals surface area contributed by atoms with E-state index in [9.17, 15) is 13.2 Å². The van der Waals surface area contributed by atoms with Gasteiger partial charge in [-0.05, 0) is 24.3 Å². The first kappa shape index (κ1) is 13.0. The zero-order valence-corrected chi connectivity index (χ0v) is 9.65. The maximum atomic E-state index is 12.3. The Balaban J connectivity index is 2.13. The predicted octanol–water partition coefficient (Wildman–Crippen LogP) is 2.96. The highest BCUT2D eigenvalue weighted by Gasteiger charge is 2.30. The molecule has 0 unspecified atom stereocenters. The summed E-state index contributed by atoms with van der Waals surface area (Å²) in [6.45, 7) is 0. The molecule has 0 aliphatic heterocycles. The molecule has 2 aromatic rings. The second-order valence-corrected chi connectivity index (χ2v) is 3.86. The van der Waals surface area contributed by atoms with E-state index < -0.39 is 11.7 Å². The van der Waals surface area contributed by atoms with E-state index in [0.29, 0.717) is 23.4 Å². The van der Waals surface area contributed by atoms with Gasteiger partial charge >= 0.3 is 6.18 Å². The predicted molar refractivity (Wildman–Crippen MR) is 61.0 cm³/mol. The van der Waals surface area contributed by atoms with Crippen molar-refractivity contribution in [3.8, 4) is 6.07 Å². The average Bonchev–Trinajstić information content (AvgIpc) is 2.39. The zero-order chi connectivity index (χ0) is 13.9. The zero-order valence-electron chi connectivity index (χ0n) is 9.65. The lowest BCUT2D eigenvalue weighted by atomic mass is 10.1. The fourth-order valence-electron chi connectivity index (χ4n) is 1.48. The Kier molecular flexibility index (Phi) is 3.47. The van der Waals surface area contributed by atoms with Crippen LogP contribution in [0, 0.1) is 11.3 Å². The summed E-state index contributed by atoms with van der Waals surface area (Å²) in [4.78, 5) is 7.79. The van der Waals surface area contributed by atoms with Gasteiger partial charge in [-0.25, -0.2) is 0 Å². The number of pyridine rings is 2. The number of nitriles is 1. The van der Waals surface area contributed by atoms with Crippen molar-refractivity contribution in [2.75, 3.05) is 0 Å². The smallest absolute Gasteiger partial charge is 0.260 e. The van der Waals surface area contributed by atoms with Gasteiger partial charge in [0, 0.05) is 30.2 Å². The summed E-state index contributed by atoms with van der Waals surface area (Å²) in [5, 5.41) is 8.62. The molecule has 6 heteroatoms. The monoisotopic (exact) mass is 263 g/mol. The van der Waals surface area contributed by atoms with Gasteiger partial charge in [0.2, 0.25) is 0 Å². The van der Waals surface area contributed by atoms with Crippen LogP contribution in [-0.4, -0.2) is 9.97 Å². The maximum absolute atomic E-state index is 12.3. The highest BCUT2D eigenvalue weighted by molar-refractivity contribution is 5.28. The lowest BCUT2D eigenvalue weighted by Crippen LogP contribution is -2.06. The summed E-state index contributed by atoms with van der Waals surface area (Å²) < 4.78 is 37.0. The van der Waals surface area contributed by atoms with Crippen molar-refractivity contribution in [1.29, 1.82) is 5.26 Å². The van der Waals surface area contributed by atoms with Crippen LogP contribution in [0.4, 0.5) is 13.2 Å². The largest absolute Gasteiger partial charge is 0.417 e. The summed E-state index contributed by atoms with van der Waals surface area (Å²) in [7, 11) is 0. The van der Waals surface area contributed by atoms with E-state index in [1.165, 1.54) is 12.3 Å². The molecule has 2 heterocycles. The summed E-state index contributed by atoms with van der Waals surface area (Å²) in [6.07, 6.45) is -1.83. The number of alkyl halides is 3. The summed E-state index contributed by atoms with van der Waals surface area (Å²) in [5.41, 5.74) is 0.796. The molecular weight excluding hydrogens is 255 g/mol. The number of rotatable bonds is 2. The van der Waals surface area contributed by atoms with Gasteiger partial charge in [0.1, 0.15) is 6.07 Å². The number of nitrogens with zero attached hydrogens (tertiary/aromatic N) is 3. The van der Waals surface area contributed by atoms with Crippen LogP contribution in [0.3, 0.4) is 0 Å². The molecule has 19 heavy (non-hydrogen) atoms. The Labute approximate surface area is 107 Å². The van der Waals surface area contributed by atoms with Crippen LogP contribution < -0.4 is 0 Å². The number of hydrogen-bond donors (Lipinski definition) is 0. The molecule has 0 N–H and O–H groups in total. The lowest BCUT2D eigenvalue weighted by molar-refractivity contribution is -0.137. The van der Waals surface area contributed by atoms with Gasteiger partial charge in [-0.1, -0.05) is 0 Å². The number of aromatic nitrogens is 2. The van der Waals surface area contributed by atoms with Crippen molar-refractivity contribution in [2.24, 2.45) is 0 Å². The third kappa shape index (κ3) is 3.28. The van der Waals surface area contributed by atoms with Gasteiger partial charge in [-0.2, -0.15) is 18.4 Å². The molecule has 0 saturated heterocycles. The van der Waals surface area contributed by atoms with E-state index in [-0.39, 0.29) is 0 Å². The average molecular weight is 263 g/mol. The molecule has 2 rings (SSSR count). The minimum absolute atomic E-state index is 0.323. The van der Waals surface area contributed by atoms with Gasteiger partial charge < -0.3 is 0 Å². The summed E-state index contributed by atoms with van der Waals surface area (Å²) in [5.74, 6) is 0. The Bertz CT molecular complexity index is 595. The van der Waals surface area contributed by atoms with E-state index in [1.54, 1.807) is 12.1 Å². The molecule has 96 valence electrons. The van der Waals surface area contributed by atoms with Crippen LogP contribution in [0.5, 0.6) is 0 Å². The molecule has 0 aliphatic carbocycles. The molecule has 0 aromatic carbocycles. The molecule has 0 saturated carbocycles. The van der Waals surface area contributed by atoms with Gasteiger partial charge in [0.25, 0.3) is 0 Å². The van der Waals surface area contributed by atoms with E-state index in [1.807, 2.05) is 6.07 Å². The van der Waals surface area contributed by atoms with E-state index in [2.05, 4.69) is 9.97 Å². The Morgan fingerprint density at radius 2 is 1.63 bits per heavy atom. The third-order valence-corrected chi connectivity index (χ3v) is 2.47. The van der Waals surface area contributed by atoms with Crippen molar-refractivity contribution < 1.29 is 13.2 Å². The minimum atomic E-state index is -4.38. The van der Waals surface area contributed by atoms with Crippen molar-refractivity contribution in [3.63, 3.8) is 0 Å². The van der Waals surface area contributed by atoms with Crippen molar-refractivity contribution in [1.82, 2.24) is 9.97 Å². The number of hydrogen-bond acceptors (Lipinski definition) is 3. The topological polar surface area (TPSA) is 49.6 Å². The second-order valence-electron chi connectivity index (χ2n) is 3.86. The summed E-state index contributed by atoms with van der Waals surface area (Å²) >= 11 is 0. The number of halogens is 3. The van der Waals surface area contributed by atoms with Crippen molar-refractivity contribution in [3.05, 3.63) is 59.2 Å². The molecule has 0 aliphatic rings. The maximum Gasteiger partial charge on any atom is 0.417 e. The van der Waals surface area contributed by atoms with Crippen molar-refractivity contribution in [2.45, 2.75) is 12.6 Å². The molecule has 0 spiro atoms. The van der Waals surface area contributed by atoms with Crippen LogP contribution in [-0.2, 0) is 12.6 Å². The van der Waals surface area contributed by atoms with Gasteiger partial charge in [0.15, 0.2) is 0 Å². The molecule has 0 atom stereocenters. The molecule has 0 bridgehead atoms. The van der Waals surface area contributed by atoms with Crippen LogP contribution in [0.15, 0.2) is 36.7 Å². The van der Waals surface area contributed by atoms with Gasteiger partial charge in [0.05, 0.1) is 11.1 Å². The standard InChI is InChI=1S/C13H8F3N3/c14-13(15,16)10-2-4-12(19-8-10)5-11-3-1-9(6-17)7-18-11/h1-4,7-8H,5H2. The van der Waals surface area contributed by atoms with Gasteiger partial charge in [-0.15, -0.1) is 0 Å². The highest BCUT2D eigenvalue weighted by Crippen LogP contribution is 2.28. The Hall–Kier alpha value is -2.42. The van der Waals surface area contributed by atoms with E-state index >= 15 is 0 Å². The first-order valence-corrected chi connectivity index (χ1v) is 5.36. The van der Waals surface area contributed by atoms with Gasteiger partial charge in [-0.3, -0.25) is 9.97 Å². The van der Waals surface area contributed by atoms with Crippen LogP contribution in [0.25, 0.3) is 0 Å². The normalized spacial score (nSPS) is 11.1. The van der Waals surface area contributed by atoms with Crippen molar-refractivity contribution >= 4 is 0 Å². The Morgan fingerprint density at radius 3 is 2.05 bits per heavy atom. The first-order chi connectivity index (χ1) is 8.99. The SMILES string of the molecule is N#Cc1ccc(Cc2ccc(C(F)(F)F)cn2)nc1. The fourth-order valence-corrected chi connectivity index (χ4v) is 1.48. The van der Waals surface area contributed by atoms with Crippen LogP contribution in [0.2, 0.25) is 0 Å². The lowest BCUT2D eigenvalue weighted by Gasteiger charge is -2.06. The highest BCUT2D eigenvalue weighted by atomic mass is 19.4. The van der Waals surface area contributed by atoms with Crippen LogP contribution in [0.1, 0.15) is 22.5 Å². The molecule has 0 radical (unpaired) electrons. The van der Waals surface area contributed by atoms with E-state index in [0.717, 1.165) is 12.3 Å². The molecular formula is C13H8F3N3. The Morgan fingerprint density at radius 1 is 1.00 bits per heavy atom. The molecule has 0 fully saturated rings. The van der Waals surface area contributed by atoms with Crippen LogP contribution >= 0.6 is 0 Å². The second kappa shape index (κ2) is 5.06. The first-order valence-electron chi connectivity index (χ1n) is 5.36. The fraction of sp³-hybridized carbons (Fsp3) is 0.154. The summed E-state index contributed by atoms with van der Waals surface area (Å²) in [6, 6.07) is 7.51. The third-order valence-electron chi connectivity index (χ3n) is 2.47.